The average Bonchev–Trinajstić information content (AvgIpc) is 3.28. The Bertz CT molecular complexity index is 1320. The van der Waals surface area contributed by atoms with Crippen LogP contribution < -0.4 is 5.32 Å². The Balaban J connectivity index is 1.41. The lowest BCUT2D eigenvalue weighted by Crippen LogP contribution is -2.36. The maximum absolute atomic E-state index is 9.68. The summed E-state index contributed by atoms with van der Waals surface area (Å²) in [6.45, 7) is 5.52. The highest BCUT2D eigenvalue weighted by atomic mass is 15.2. The fourth-order valence-electron chi connectivity index (χ4n) is 4.10. The molecule has 1 aliphatic heterocycles. The maximum Gasteiger partial charge on any atom is 0.103 e. The van der Waals surface area contributed by atoms with Gasteiger partial charge in [-0.25, -0.2) is 0 Å². The third-order valence-corrected chi connectivity index (χ3v) is 6.15. The largest absolute Gasteiger partial charge is 0.361 e. The van der Waals surface area contributed by atoms with Crippen molar-refractivity contribution in [2.75, 3.05) is 18.4 Å². The van der Waals surface area contributed by atoms with Crippen LogP contribution in [0, 0.1) is 18.3 Å². The zero-order valence-electron chi connectivity index (χ0n) is 18.1. The van der Waals surface area contributed by atoms with Crippen LogP contribution >= 0.6 is 0 Å². The standard InChI is InChI=1S/C27H25N5/c1-19-24-11-12-30-26(24)10-9-25(19)31-27-22(16-29-17-23(27)15-28)8-7-20-3-5-21(6-4-20)18-32-13-2-14-32/h3-12,16-17,30H,2,13-14,18H2,1H3,(H,29,31)/b8-7+. The quantitative estimate of drug-likeness (QED) is 0.411. The van der Waals surface area contributed by atoms with E-state index in [4.69, 9.17) is 0 Å². The molecule has 0 spiro atoms. The van der Waals surface area contributed by atoms with Crippen LogP contribution in [0.5, 0.6) is 0 Å². The molecule has 0 aliphatic carbocycles. The number of aryl methyl sites for hydroxylation is 1. The molecule has 5 heteroatoms. The third kappa shape index (κ3) is 4.01. The number of nitriles is 1. The monoisotopic (exact) mass is 419 g/mol. The molecule has 0 unspecified atom stereocenters. The van der Waals surface area contributed by atoms with Crippen molar-refractivity contribution in [2.45, 2.75) is 19.9 Å². The van der Waals surface area contributed by atoms with Crippen LogP contribution in [0.3, 0.4) is 0 Å². The van der Waals surface area contributed by atoms with E-state index in [0.29, 0.717) is 5.56 Å². The molecule has 2 aromatic carbocycles. The van der Waals surface area contributed by atoms with Crippen molar-refractivity contribution in [3.8, 4) is 6.07 Å². The highest BCUT2D eigenvalue weighted by Crippen LogP contribution is 2.31. The second-order valence-corrected chi connectivity index (χ2v) is 8.27. The van der Waals surface area contributed by atoms with Gasteiger partial charge in [-0.2, -0.15) is 5.26 Å². The summed E-state index contributed by atoms with van der Waals surface area (Å²) >= 11 is 0. The van der Waals surface area contributed by atoms with Crippen LogP contribution in [-0.2, 0) is 6.54 Å². The van der Waals surface area contributed by atoms with Gasteiger partial charge >= 0.3 is 0 Å². The molecule has 0 atom stereocenters. The van der Waals surface area contributed by atoms with Gasteiger partial charge in [-0.1, -0.05) is 36.4 Å². The Kier molecular flexibility index (Phi) is 5.45. The van der Waals surface area contributed by atoms with Crippen molar-refractivity contribution in [2.24, 2.45) is 0 Å². The molecule has 32 heavy (non-hydrogen) atoms. The minimum atomic E-state index is 0.519. The lowest BCUT2D eigenvalue weighted by atomic mass is 10.1. The molecule has 0 amide bonds. The van der Waals surface area contributed by atoms with E-state index < -0.39 is 0 Å². The number of aromatic nitrogens is 2. The summed E-state index contributed by atoms with van der Waals surface area (Å²) in [5.74, 6) is 0. The van der Waals surface area contributed by atoms with Gasteiger partial charge < -0.3 is 10.3 Å². The van der Waals surface area contributed by atoms with Gasteiger partial charge in [0.25, 0.3) is 0 Å². The minimum absolute atomic E-state index is 0.519. The van der Waals surface area contributed by atoms with E-state index in [0.717, 1.165) is 45.5 Å². The Morgan fingerprint density at radius 1 is 1.09 bits per heavy atom. The number of nitrogens with one attached hydrogen (secondary N) is 2. The first-order valence-electron chi connectivity index (χ1n) is 10.9. The lowest BCUT2D eigenvalue weighted by molar-refractivity contribution is 0.172. The molecule has 5 nitrogen and oxygen atoms in total. The van der Waals surface area contributed by atoms with Crippen LogP contribution in [0.4, 0.5) is 11.4 Å². The van der Waals surface area contributed by atoms with E-state index in [9.17, 15) is 5.26 Å². The van der Waals surface area contributed by atoms with Crippen molar-refractivity contribution in [1.29, 1.82) is 5.26 Å². The van der Waals surface area contributed by atoms with Crippen molar-refractivity contribution >= 4 is 34.4 Å². The number of H-pyrrole nitrogens is 1. The van der Waals surface area contributed by atoms with Gasteiger partial charge in [-0.15, -0.1) is 0 Å². The summed E-state index contributed by atoms with van der Waals surface area (Å²) in [7, 11) is 0. The van der Waals surface area contributed by atoms with Crippen LogP contribution in [0.25, 0.3) is 23.1 Å². The van der Waals surface area contributed by atoms with E-state index in [-0.39, 0.29) is 0 Å². The molecule has 1 aliphatic rings. The van der Waals surface area contributed by atoms with Crippen LogP contribution in [0.2, 0.25) is 0 Å². The first-order valence-corrected chi connectivity index (χ1v) is 10.9. The number of anilines is 2. The van der Waals surface area contributed by atoms with Crippen LogP contribution in [0.15, 0.2) is 61.1 Å². The summed E-state index contributed by atoms with van der Waals surface area (Å²) in [5.41, 5.74) is 7.84. The first kappa shape index (κ1) is 20.0. The topological polar surface area (TPSA) is 67.7 Å². The molecule has 158 valence electrons. The second-order valence-electron chi connectivity index (χ2n) is 8.27. The smallest absolute Gasteiger partial charge is 0.103 e. The number of hydrogen-bond donors (Lipinski definition) is 2. The molecule has 0 radical (unpaired) electrons. The fraction of sp³-hybridized carbons (Fsp3) is 0.185. The van der Waals surface area contributed by atoms with Crippen molar-refractivity contribution < 1.29 is 0 Å². The highest BCUT2D eigenvalue weighted by molar-refractivity contribution is 5.90. The number of nitrogens with zero attached hydrogens (tertiary/aromatic N) is 3. The van der Waals surface area contributed by atoms with Crippen molar-refractivity contribution in [3.05, 3.63) is 88.9 Å². The molecule has 0 bridgehead atoms. The molecule has 2 aromatic heterocycles. The SMILES string of the molecule is Cc1c(Nc2c(C#N)cncc2/C=C/c2ccc(CN3CCC3)cc2)ccc2[nH]ccc12. The van der Waals surface area contributed by atoms with E-state index in [2.05, 4.69) is 75.7 Å². The zero-order chi connectivity index (χ0) is 21.9. The molecular formula is C27H25N5. The van der Waals surface area contributed by atoms with E-state index in [1.165, 1.54) is 25.1 Å². The predicted octanol–water partition coefficient (Wildman–Crippen LogP) is 5.86. The van der Waals surface area contributed by atoms with Crippen molar-refractivity contribution in [3.63, 3.8) is 0 Å². The summed E-state index contributed by atoms with van der Waals surface area (Å²) in [4.78, 5) is 9.97. The van der Waals surface area contributed by atoms with Gasteiger partial charge in [-0.05, 0) is 61.3 Å². The average molecular weight is 420 g/mol. The lowest BCUT2D eigenvalue weighted by Gasteiger charge is -2.30. The third-order valence-electron chi connectivity index (χ3n) is 6.15. The fourth-order valence-corrected chi connectivity index (χ4v) is 4.10. The van der Waals surface area contributed by atoms with Gasteiger partial charge in [0.1, 0.15) is 6.07 Å². The maximum atomic E-state index is 9.68. The van der Waals surface area contributed by atoms with Crippen molar-refractivity contribution in [1.82, 2.24) is 14.9 Å². The van der Waals surface area contributed by atoms with Crippen LogP contribution in [-0.4, -0.2) is 28.0 Å². The number of fused-ring (bicyclic) bond motifs is 1. The normalized spacial score (nSPS) is 13.9. The Morgan fingerprint density at radius 2 is 1.94 bits per heavy atom. The number of aromatic amines is 1. The minimum Gasteiger partial charge on any atom is -0.361 e. The Hall–Kier alpha value is -3.88. The molecule has 2 N–H and O–H groups in total. The summed E-state index contributed by atoms with van der Waals surface area (Å²) in [6.07, 6.45) is 10.7. The van der Waals surface area contributed by atoms with E-state index >= 15 is 0 Å². The second kappa shape index (κ2) is 8.70. The van der Waals surface area contributed by atoms with Gasteiger partial charge in [-0.3, -0.25) is 9.88 Å². The summed E-state index contributed by atoms with van der Waals surface area (Å²) < 4.78 is 0. The zero-order valence-corrected chi connectivity index (χ0v) is 18.1. The highest BCUT2D eigenvalue weighted by Gasteiger charge is 2.13. The Labute approximate surface area is 188 Å². The Morgan fingerprint density at radius 3 is 2.69 bits per heavy atom. The van der Waals surface area contributed by atoms with Gasteiger partial charge in [0.15, 0.2) is 0 Å². The van der Waals surface area contributed by atoms with Gasteiger partial charge in [0.05, 0.1) is 11.3 Å². The van der Waals surface area contributed by atoms with Gasteiger partial charge in [0.2, 0.25) is 0 Å². The molecular weight excluding hydrogens is 394 g/mol. The predicted molar refractivity (Wildman–Crippen MR) is 131 cm³/mol. The van der Waals surface area contributed by atoms with Gasteiger partial charge in [0, 0.05) is 47.3 Å². The number of likely N-dealkylation sites (tertiary alicyclic amines) is 1. The molecule has 1 fully saturated rings. The molecule has 1 saturated heterocycles. The molecule has 3 heterocycles. The summed E-state index contributed by atoms with van der Waals surface area (Å²) in [5, 5.41) is 14.3. The van der Waals surface area contributed by atoms with Crippen LogP contribution in [0.1, 0.15) is 34.2 Å². The molecule has 4 aromatic rings. The number of benzene rings is 2. The first-order chi connectivity index (χ1) is 15.7. The van der Waals surface area contributed by atoms with E-state index in [1.807, 2.05) is 18.3 Å². The number of pyridine rings is 1. The molecule has 5 rings (SSSR count). The summed E-state index contributed by atoms with van der Waals surface area (Å²) in [6, 6.07) is 17.1. The molecule has 0 saturated carbocycles. The number of rotatable bonds is 6. The van der Waals surface area contributed by atoms with E-state index in [1.54, 1.807) is 12.4 Å². The number of hydrogen-bond acceptors (Lipinski definition) is 4.